The summed E-state index contributed by atoms with van der Waals surface area (Å²) < 4.78 is 28.9. The zero-order chi connectivity index (χ0) is 34.1. The van der Waals surface area contributed by atoms with E-state index in [0.29, 0.717) is 28.2 Å². The molecule has 0 aliphatic carbocycles. The van der Waals surface area contributed by atoms with Gasteiger partial charge in [0, 0.05) is 21.9 Å². The largest absolute Gasteiger partial charge is 0.471 e. The van der Waals surface area contributed by atoms with Crippen molar-refractivity contribution in [2.24, 2.45) is 10.8 Å². The third kappa shape index (κ3) is 7.54. The number of benzene rings is 2. The number of halogens is 1. The van der Waals surface area contributed by atoms with E-state index in [0.717, 1.165) is 10.0 Å². The maximum Gasteiger partial charge on any atom is 0.407 e. The molecule has 2 aliphatic heterocycles. The van der Waals surface area contributed by atoms with Gasteiger partial charge in [0.1, 0.15) is 36.0 Å². The Kier molecular flexibility index (Phi) is 9.83. The lowest BCUT2D eigenvalue weighted by molar-refractivity contribution is -0.152. The lowest BCUT2D eigenvalue weighted by atomic mass is 9.85. The number of hydrogen-bond donors (Lipinski definition) is 2. The highest BCUT2D eigenvalue weighted by Gasteiger charge is 2.46. The van der Waals surface area contributed by atoms with Crippen LogP contribution in [0.15, 0.2) is 40.9 Å². The molecule has 1 fully saturated rings. The van der Waals surface area contributed by atoms with Crippen molar-refractivity contribution in [2.45, 2.75) is 59.2 Å². The fraction of sp³-hybridized carbons (Fsp3) is 0.485. The van der Waals surface area contributed by atoms with Crippen molar-refractivity contribution in [1.82, 2.24) is 20.2 Å². The molecule has 2 aromatic carbocycles. The molecule has 0 radical (unpaired) electrons. The predicted molar refractivity (Wildman–Crippen MR) is 174 cm³/mol. The van der Waals surface area contributed by atoms with Crippen LogP contribution < -0.4 is 19.5 Å². The predicted octanol–water partition coefficient (Wildman–Crippen LogP) is 4.47. The second-order valence-electron chi connectivity index (χ2n) is 13.4. The summed E-state index contributed by atoms with van der Waals surface area (Å²) in [5.41, 5.74) is 0.756. The highest BCUT2D eigenvalue weighted by atomic mass is 79.9. The maximum absolute atomic E-state index is 14.1. The molecule has 0 bridgehead atoms. The third-order valence-electron chi connectivity index (χ3n) is 7.93. The van der Waals surface area contributed by atoms with Gasteiger partial charge in [-0.05, 0) is 29.7 Å². The first-order valence-electron chi connectivity index (χ1n) is 15.2. The van der Waals surface area contributed by atoms with E-state index in [1.54, 1.807) is 46.8 Å². The fourth-order valence-corrected chi connectivity index (χ4v) is 5.70. The number of alkyl carbamates (subject to hydrolysis) is 1. The zero-order valence-corrected chi connectivity index (χ0v) is 28.8. The molecule has 1 unspecified atom stereocenters. The molecule has 2 N–H and O–H groups in total. The normalized spacial score (nSPS) is 18.2. The smallest absolute Gasteiger partial charge is 0.407 e. The Labute approximate surface area is 281 Å². The van der Waals surface area contributed by atoms with E-state index in [1.807, 2.05) is 24.3 Å². The number of nitrogens with zero attached hydrogens (tertiary/aromatic N) is 3. The van der Waals surface area contributed by atoms with Crippen LogP contribution in [0.2, 0.25) is 0 Å². The molecule has 2 amide bonds. The quantitative estimate of drug-likeness (QED) is 0.301. The van der Waals surface area contributed by atoms with E-state index in [9.17, 15) is 19.5 Å². The molecular formula is C33H39BrN4O9. The Morgan fingerprint density at radius 2 is 1.89 bits per heavy atom. The molecule has 5 rings (SSSR count). The van der Waals surface area contributed by atoms with E-state index in [1.165, 1.54) is 12.0 Å². The minimum absolute atomic E-state index is 0.0121. The molecule has 14 heteroatoms. The van der Waals surface area contributed by atoms with Crippen molar-refractivity contribution >= 4 is 44.9 Å². The molecule has 2 aliphatic rings. The molecule has 0 spiro atoms. The van der Waals surface area contributed by atoms with Crippen molar-refractivity contribution < 1.29 is 43.2 Å². The van der Waals surface area contributed by atoms with E-state index >= 15 is 0 Å². The summed E-state index contributed by atoms with van der Waals surface area (Å²) in [7, 11) is 1.25. The summed E-state index contributed by atoms with van der Waals surface area (Å²) in [6, 6.07) is 8.97. The molecule has 3 heterocycles. The number of nitrogens with one attached hydrogen (secondary N) is 1. The molecule has 252 valence electrons. The Morgan fingerprint density at radius 1 is 1.13 bits per heavy atom. The van der Waals surface area contributed by atoms with Crippen molar-refractivity contribution in [3.05, 3.63) is 40.9 Å². The number of ether oxygens (including phenoxy) is 5. The van der Waals surface area contributed by atoms with E-state index < -0.39 is 47.0 Å². The lowest BCUT2D eigenvalue weighted by Gasteiger charge is -2.35. The molecule has 0 saturated carbocycles. The standard InChI is InChI=1S/C33H39BrN4O9/c1-32(2,3)27(37-31(42)44-16-33(4,5)15-39)29(40)38-14-20(13-22(38)30(41)43-6)47-28-24(18-8-7-9-19(34)12-18)36-25-21(35-28)10-11-23-26(25)46-17-45-23/h7-12,20,22,27,39H,13-17H2,1-6H3,(H,37,42)/t20?,22-,27+/m0/s1. The number of hydrogen-bond acceptors (Lipinski definition) is 11. The first-order chi connectivity index (χ1) is 22.2. The molecule has 3 aromatic rings. The van der Waals surface area contributed by atoms with Crippen molar-refractivity contribution in [1.29, 1.82) is 0 Å². The number of carbonyl (C=O) groups excluding carboxylic acids is 3. The summed E-state index contributed by atoms with van der Waals surface area (Å²) >= 11 is 3.52. The highest BCUT2D eigenvalue weighted by molar-refractivity contribution is 9.10. The second-order valence-corrected chi connectivity index (χ2v) is 14.3. The first kappa shape index (κ1) is 34.2. The Hall–Kier alpha value is -4.17. The van der Waals surface area contributed by atoms with Crippen LogP contribution in [0, 0.1) is 10.8 Å². The summed E-state index contributed by atoms with van der Waals surface area (Å²) in [5, 5.41) is 12.2. The van der Waals surface area contributed by atoms with Gasteiger partial charge in [-0.1, -0.05) is 62.7 Å². The van der Waals surface area contributed by atoms with Gasteiger partial charge in [-0.3, -0.25) is 4.79 Å². The highest BCUT2D eigenvalue weighted by Crippen LogP contribution is 2.41. The average Bonchev–Trinajstić information content (AvgIpc) is 3.69. The number of aliphatic hydroxyl groups excluding tert-OH is 1. The van der Waals surface area contributed by atoms with Gasteiger partial charge in [-0.2, -0.15) is 0 Å². The Bertz CT molecular complexity index is 1680. The van der Waals surface area contributed by atoms with Crippen LogP contribution in [0.3, 0.4) is 0 Å². The Balaban J connectivity index is 1.45. The number of likely N-dealkylation sites (tertiary alicyclic amines) is 1. The summed E-state index contributed by atoms with van der Waals surface area (Å²) in [5.74, 6) is 0.142. The molecule has 1 saturated heterocycles. The number of esters is 1. The number of carbonyl (C=O) groups is 3. The van der Waals surface area contributed by atoms with Gasteiger partial charge in [-0.25, -0.2) is 19.6 Å². The van der Waals surface area contributed by atoms with E-state index in [-0.39, 0.29) is 38.9 Å². The topological polar surface area (TPSA) is 159 Å². The van der Waals surface area contributed by atoms with Gasteiger partial charge >= 0.3 is 12.1 Å². The first-order valence-corrected chi connectivity index (χ1v) is 16.0. The van der Waals surface area contributed by atoms with Crippen molar-refractivity contribution in [3.8, 4) is 28.6 Å². The fourth-order valence-electron chi connectivity index (χ4n) is 5.30. The van der Waals surface area contributed by atoms with E-state index in [4.69, 9.17) is 33.7 Å². The number of fused-ring (bicyclic) bond motifs is 3. The molecule has 3 atom stereocenters. The monoisotopic (exact) mass is 714 g/mol. The van der Waals surface area contributed by atoms with Gasteiger partial charge in [0.05, 0.1) is 25.8 Å². The minimum atomic E-state index is -1.06. The second kappa shape index (κ2) is 13.5. The lowest BCUT2D eigenvalue weighted by Crippen LogP contribution is -2.57. The van der Waals surface area contributed by atoms with Crippen LogP contribution in [0.5, 0.6) is 17.4 Å². The molecule has 13 nitrogen and oxygen atoms in total. The third-order valence-corrected chi connectivity index (χ3v) is 8.43. The van der Waals surface area contributed by atoms with Crippen LogP contribution in [0.1, 0.15) is 41.0 Å². The number of methoxy groups -OCH3 is 1. The number of aliphatic hydroxyl groups is 1. The van der Waals surface area contributed by atoms with Crippen LogP contribution in [0.4, 0.5) is 4.79 Å². The van der Waals surface area contributed by atoms with Gasteiger partial charge in [0.2, 0.25) is 18.6 Å². The molecule has 1 aromatic heterocycles. The SMILES string of the molecule is COC(=O)[C@@H]1CC(Oc2nc3ccc4c(c3nc2-c2cccc(Br)c2)OCO4)CN1C(=O)[C@@H](NC(=O)OCC(C)(C)CO)C(C)(C)C. The van der Waals surface area contributed by atoms with Crippen molar-refractivity contribution in [3.63, 3.8) is 0 Å². The van der Waals surface area contributed by atoms with E-state index in [2.05, 4.69) is 21.2 Å². The van der Waals surface area contributed by atoms with Gasteiger partial charge in [0.15, 0.2) is 11.5 Å². The van der Waals surface area contributed by atoms with Crippen LogP contribution in [-0.2, 0) is 19.1 Å². The minimum Gasteiger partial charge on any atom is -0.471 e. The van der Waals surface area contributed by atoms with Gasteiger partial charge < -0.3 is 39.0 Å². The van der Waals surface area contributed by atoms with Gasteiger partial charge in [0.25, 0.3) is 0 Å². The Morgan fingerprint density at radius 3 is 2.57 bits per heavy atom. The van der Waals surface area contributed by atoms with Crippen LogP contribution >= 0.6 is 15.9 Å². The van der Waals surface area contributed by atoms with Crippen LogP contribution in [0.25, 0.3) is 22.3 Å². The number of rotatable bonds is 9. The summed E-state index contributed by atoms with van der Waals surface area (Å²) in [4.78, 5) is 51.0. The number of aromatic nitrogens is 2. The van der Waals surface area contributed by atoms with Gasteiger partial charge in [-0.15, -0.1) is 0 Å². The number of amides is 2. The summed E-state index contributed by atoms with van der Waals surface area (Å²) in [6.07, 6.45) is -1.37. The average molecular weight is 716 g/mol. The molecular weight excluding hydrogens is 676 g/mol. The molecule has 47 heavy (non-hydrogen) atoms. The van der Waals surface area contributed by atoms with Crippen molar-refractivity contribution in [2.75, 3.05) is 33.7 Å². The maximum atomic E-state index is 14.1. The zero-order valence-electron chi connectivity index (χ0n) is 27.2. The summed E-state index contributed by atoms with van der Waals surface area (Å²) in [6.45, 7) is 8.72. The van der Waals surface area contributed by atoms with Crippen LogP contribution in [-0.4, -0.2) is 89.8 Å².